The Morgan fingerprint density at radius 2 is 1.02 bits per heavy atom. The summed E-state index contributed by atoms with van der Waals surface area (Å²) in [7, 11) is -3.62. The van der Waals surface area contributed by atoms with Gasteiger partial charge < -0.3 is 15.3 Å². The third-order valence-electron chi connectivity index (χ3n) is 6.63. The number of aromatic hydroxyl groups is 3. The van der Waals surface area contributed by atoms with Gasteiger partial charge in [-0.1, -0.05) is 13.8 Å². The zero-order valence-corrected chi connectivity index (χ0v) is 31.7. The number of nitrogens with zero attached hydrogens (tertiary/aromatic N) is 6. The van der Waals surface area contributed by atoms with Gasteiger partial charge in [-0.05, 0) is 58.6 Å². The second-order valence-corrected chi connectivity index (χ2v) is 13.6. The Kier molecular flexibility index (Phi) is 13.6. The second kappa shape index (κ2) is 17.2. The lowest BCUT2D eigenvalue weighted by Gasteiger charge is -2.08. The van der Waals surface area contributed by atoms with E-state index in [0.717, 1.165) is 11.6 Å². The average molecular weight is 798 g/mol. The van der Waals surface area contributed by atoms with E-state index in [-0.39, 0.29) is 56.1 Å². The fourth-order valence-corrected chi connectivity index (χ4v) is 6.33. The topological polar surface area (TPSA) is 223 Å². The quantitative estimate of drug-likeness (QED) is 0.0958. The molecule has 0 aromatic carbocycles. The third kappa shape index (κ3) is 8.97. The summed E-state index contributed by atoms with van der Waals surface area (Å²) in [5, 5.41) is 31.6. The Morgan fingerprint density at radius 1 is 0.647 bits per heavy atom. The van der Waals surface area contributed by atoms with Crippen LogP contribution in [0.3, 0.4) is 0 Å². The van der Waals surface area contributed by atoms with Crippen LogP contribution in [0.15, 0.2) is 69.6 Å². The molecular weight excluding hydrogens is 764 g/mol. The number of Topliss-reactive ketones (excluding diaryl/α,β-unsaturated/α-hetero) is 3. The van der Waals surface area contributed by atoms with Crippen molar-refractivity contribution in [1.29, 1.82) is 0 Å². The van der Waals surface area contributed by atoms with Gasteiger partial charge in [0, 0.05) is 61.8 Å². The Labute approximate surface area is 305 Å². The number of halogens is 1. The largest absolute Gasteiger partial charge is 0.504 e. The molecule has 6 rings (SSSR count). The lowest BCUT2D eigenvalue weighted by Crippen LogP contribution is -2.07. The number of aromatic nitrogens is 6. The van der Waals surface area contributed by atoms with E-state index in [9.17, 15) is 38.1 Å². The van der Waals surface area contributed by atoms with Crippen molar-refractivity contribution >= 4 is 87.6 Å². The van der Waals surface area contributed by atoms with Crippen molar-refractivity contribution in [3.63, 3.8) is 0 Å². The second-order valence-electron chi connectivity index (χ2n) is 10.2. The van der Waals surface area contributed by atoms with Gasteiger partial charge in [0.15, 0.2) is 66.5 Å². The highest BCUT2D eigenvalue weighted by molar-refractivity contribution is 9.10. The SMILES string of the molecule is CC.CC(=O)c1nc(Br)c2cccnc2c1O.CC(=O)c1nc(S(C)(=O)=O)c2cccnc2c1O.CSc1nc(C(C)=O)c(O)c2ncccc12. The number of hydrogen-bond acceptors (Lipinski definition) is 15. The molecule has 0 amide bonds. The van der Waals surface area contributed by atoms with Crippen LogP contribution >= 0.6 is 27.7 Å². The number of fused-ring (bicyclic) bond motifs is 3. The van der Waals surface area contributed by atoms with E-state index in [4.69, 9.17) is 0 Å². The van der Waals surface area contributed by atoms with Crippen LogP contribution in [0.2, 0.25) is 0 Å². The summed E-state index contributed by atoms with van der Waals surface area (Å²) >= 11 is 4.66. The van der Waals surface area contributed by atoms with Gasteiger partial charge in [0.1, 0.15) is 26.2 Å². The smallest absolute Gasteiger partial charge is 0.193 e. The van der Waals surface area contributed by atoms with Gasteiger partial charge in [-0.15, -0.1) is 11.8 Å². The van der Waals surface area contributed by atoms with Crippen LogP contribution in [0.25, 0.3) is 32.7 Å². The molecule has 17 heteroatoms. The van der Waals surface area contributed by atoms with Crippen molar-refractivity contribution in [2.75, 3.05) is 12.5 Å². The first-order chi connectivity index (χ1) is 24.1. The molecule has 6 aromatic heterocycles. The predicted octanol–water partition coefficient (Wildman–Crippen LogP) is 6.53. The third-order valence-corrected chi connectivity index (χ3v) is 8.95. The number of rotatable bonds is 5. The van der Waals surface area contributed by atoms with Crippen molar-refractivity contribution < 1.29 is 38.1 Å². The van der Waals surface area contributed by atoms with Gasteiger partial charge in [-0.25, -0.2) is 23.4 Å². The van der Waals surface area contributed by atoms with Gasteiger partial charge >= 0.3 is 0 Å². The molecule has 14 nitrogen and oxygen atoms in total. The molecule has 0 atom stereocenters. The van der Waals surface area contributed by atoms with Crippen LogP contribution in [0, 0.1) is 0 Å². The van der Waals surface area contributed by atoms with Crippen LogP contribution in [-0.4, -0.2) is 83.5 Å². The Morgan fingerprint density at radius 3 is 1.45 bits per heavy atom. The maximum absolute atomic E-state index is 11.6. The molecule has 0 fully saturated rings. The van der Waals surface area contributed by atoms with Crippen molar-refractivity contribution in [3.8, 4) is 17.2 Å². The molecule has 0 saturated carbocycles. The minimum Gasteiger partial charge on any atom is -0.504 e. The summed E-state index contributed by atoms with van der Waals surface area (Å²) in [6.45, 7) is 7.92. The predicted molar refractivity (Wildman–Crippen MR) is 198 cm³/mol. The molecule has 0 unspecified atom stereocenters. The molecule has 0 radical (unpaired) electrons. The Balaban J connectivity index is 0.000000202. The lowest BCUT2D eigenvalue weighted by atomic mass is 10.2. The minimum atomic E-state index is -3.62. The highest BCUT2D eigenvalue weighted by Gasteiger charge is 2.22. The average Bonchev–Trinajstić information content (AvgIpc) is 3.11. The van der Waals surface area contributed by atoms with E-state index in [1.54, 1.807) is 30.6 Å². The molecular formula is C34H33BrN6O8S2. The molecule has 51 heavy (non-hydrogen) atoms. The molecule has 3 N–H and O–H groups in total. The summed E-state index contributed by atoms with van der Waals surface area (Å²) < 4.78 is 23.8. The van der Waals surface area contributed by atoms with Gasteiger partial charge in [0.2, 0.25) is 0 Å². The zero-order valence-electron chi connectivity index (χ0n) is 28.5. The summed E-state index contributed by atoms with van der Waals surface area (Å²) in [4.78, 5) is 57.7. The zero-order chi connectivity index (χ0) is 38.2. The van der Waals surface area contributed by atoms with E-state index in [1.807, 2.05) is 26.2 Å². The first-order valence-corrected chi connectivity index (χ1v) is 18.8. The van der Waals surface area contributed by atoms with Gasteiger partial charge in [0.25, 0.3) is 0 Å². The van der Waals surface area contributed by atoms with Crippen LogP contribution in [0.4, 0.5) is 0 Å². The fraction of sp³-hybridized carbons (Fsp3) is 0.206. The van der Waals surface area contributed by atoms with Crippen LogP contribution in [0.1, 0.15) is 66.1 Å². The van der Waals surface area contributed by atoms with Crippen molar-refractivity contribution in [2.45, 2.75) is 44.7 Å². The van der Waals surface area contributed by atoms with E-state index in [0.29, 0.717) is 26.0 Å². The van der Waals surface area contributed by atoms with Crippen LogP contribution < -0.4 is 0 Å². The molecule has 0 bridgehead atoms. The molecule has 0 aliphatic carbocycles. The minimum absolute atomic E-state index is 0.0353. The highest BCUT2D eigenvalue weighted by atomic mass is 79.9. The summed E-state index contributed by atoms with van der Waals surface area (Å²) in [6.07, 6.45) is 7.39. The van der Waals surface area contributed by atoms with E-state index < -0.39 is 21.4 Å². The molecule has 0 aliphatic heterocycles. The van der Waals surface area contributed by atoms with Crippen LogP contribution in [-0.2, 0) is 9.84 Å². The van der Waals surface area contributed by atoms with E-state index in [2.05, 4.69) is 45.8 Å². The molecule has 0 aliphatic rings. The van der Waals surface area contributed by atoms with Gasteiger partial charge in [-0.2, -0.15) is 0 Å². The summed E-state index contributed by atoms with van der Waals surface area (Å²) in [5.74, 6) is -1.78. The molecule has 6 heterocycles. The maximum Gasteiger partial charge on any atom is 0.193 e. The number of hydrogen-bond donors (Lipinski definition) is 3. The molecule has 0 spiro atoms. The fourth-order valence-electron chi connectivity index (χ4n) is 4.45. The first kappa shape index (κ1) is 40.3. The number of carbonyl (C=O) groups excluding carboxylic acids is 3. The van der Waals surface area contributed by atoms with Crippen molar-refractivity contribution in [3.05, 3.63) is 76.7 Å². The Hall–Kier alpha value is -5.13. The number of sulfone groups is 1. The molecule has 266 valence electrons. The number of carbonyl (C=O) groups is 3. The number of ketones is 3. The Bertz CT molecular complexity index is 2410. The molecule has 0 saturated heterocycles. The summed E-state index contributed by atoms with van der Waals surface area (Å²) in [6, 6.07) is 10.1. The van der Waals surface area contributed by atoms with Gasteiger partial charge in [-0.3, -0.25) is 29.3 Å². The number of pyridine rings is 6. The van der Waals surface area contributed by atoms with Crippen LogP contribution in [0.5, 0.6) is 17.2 Å². The lowest BCUT2D eigenvalue weighted by molar-refractivity contribution is 0.0996. The normalized spacial score (nSPS) is 10.7. The van der Waals surface area contributed by atoms with Gasteiger partial charge in [0.05, 0.1) is 0 Å². The van der Waals surface area contributed by atoms with Crippen molar-refractivity contribution in [2.24, 2.45) is 0 Å². The van der Waals surface area contributed by atoms with E-state index in [1.165, 1.54) is 50.9 Å². The summed E-state index contributed by atoms with van der Waals surface area (Å²) in [5.41, 5.74) is 0.681. The first-order valence-electron chi connectivity index (χ1n) is 14.9. The maximum atomic E-state index is 11.6. The highest BCUT2D eigenvalue weighted by Crippen LogP contribution is 2.33. The van der Waals surface area contributed by atoms with E-state index >= 15 is 0 Å². The number of thioether (sulfide) groups is 1. The standard InChI is InChI=1S/C11H10N2O4S.C11H10N2O2S.C10H7BrN2O2.C2H6/c1-6(14)8-10(15)9-7(4-3-5-12-9)11(13-8)18(2,16)17;1-6(14)8-10(15)9-7(4-3-5-12-9)11(13-8)16-2;1-5(14)7-9(15)8-6(10(11)13-7)3-2-4-12-8;1-2/h3-5,15H,1-2H3;3-5,15H,1-2H3;2-4,15H,1H3;1-2H3. The monoisotopic (exact) mass is 796 g/mol. The van der Waals surface area contributed by atoms with Crippen molar-refractivity contribution in [1.82, 2.24) is 29.9 Å². The molecule has 6 aromatic rings.